The van der Waals surface area contributed by atoms with Crippen LogP contribution in [0.3, 0.4) is 0 Å². The lowest BCUT2D eigenvalue weighted by molar-refractivity contribution is -0.137. The minimum absolute atomic E-state index is 0.0556. The number of piperidine rings is 1. The zero-order valence-corrected chi connectivity index (χ0v) is 16.8. The van der Waals surface area contributed by atoms with Crippen LogP contribution in [0.4, 0.5) is 5.82 Å². The molecule has 2 aromatic rings. The van der Waals surface area contributed by atoms with E-state index in [2.05, 4.69) is 16.9 Å². The monoisotopic (exact) mass is 383 g/mol. The zero-order chi connectivity index (χ0) is 19.7. The zero-order valence-electron chi connectivity index (χ0n) is 16.8. The number of aromatic nitrogens is 2. The van der Waals surface area contributed by atoms with Gasteiger partial charge in [0.15, 0.2) is 5.82 Å². The summed E-state index contributed by atoms with van der Waals surface area (Å²) in [5.74, 6) is 0.658. The lowest BCUT2D eigenvalue weighted by Gasteiger charge is -2.38. The van der Waals surface area contributed by atoms with Gasteiger partial charge in [-0.1, -0.05) is 12.1 Å². The first-order chi connectivity index (χ1) is 13.6. The van der Waals surface area contributed by atoms with Crippen molar-refractivity contribution in [1.29, 1.82) is 0 Å². The maximum absolute atomic E-state index is 13.1. The van der Waals surface area contributed by atoms with Gasteiger partial charge in [0.2, 0.25) is 5.91 Å². The molecule has 1 aromatic heterocycles. The van der Waals surface area contributed by atoms with Gasteiger partial charge in [-0.15, -0.1) is 0 Å². The molecule has 0 aliphatic carbocycles. The Morgan fingerprint density at radius 1 is 1.14 bits per heavy atom. The van der Waals surface area contributed by atoms with Gasteiger partial charge in [0.25, 0.3) is 5.56 Å². The molecule has 1 atom stereocenters. The highest BCUT2D eigenvalue weighted by atomic mass is 16.2. The number of carbonyl (C=O) groups excluding carboxylic acids is 1. The molecule has 0 saturated carbocycles. The average Bonchev–Trinajstić information content (AvgIpc) is 2.73. The highest BCUT2D eigenvalue weighted by molar-refractivity contribution is 5.80. The molecule has 28 heavy (non-hydrogen) atoms. The second kappa shape index (κ2) is 7.91. The van der Waals surface area contributed by atoms with Crippen LogP contribution in [0.5, 0.6) is 0 Å². The Bertz CT molecular complexity index is 917. The van der Waals surface area contributed by atoms with Crippen LogP contribution in [0.25, 0.3) is 11.0 Å². The molecular weight excluding hydrogens is 354 g/mol. The summed E-state index contributed by atoms with van der Waals surface area (Å²) in [6.07, 6.45) is 1.79. The van der Waals surface area contributed by atoms with Gasteiger partial charge < -0.3 is 19.3 Å². The lowest BCUT2D eigenvalue weighted by atomic mass is 9.96. The van der Waals surface area contributed by atoms with E-state index in [0.717, 1.165) is 56.6 Å². The topological polar surface area (TPSA) is 61.7 Å². The van der Waals surface area contributed by atoms with E-state index in [-0.39, 0.29) is 17.4 Å². The van der Waals surface area contributed by atoms with Crippen molar-refractivity contribution in [3.05, 3.63) is 34.6 Å². The number of hydrogen-bond acceptors (Lipinski definition) is 5. The van der Waals surface area contributed by atoms with Crippen molar-refractivity contribution in [3.8, 4) is 0 Å². The maximum Gasteiger partial charge on any atom is 0.293 e. The number of rotatable bonds is 3. The van der Waals surface area contributed by atoms with Crippen molar-refractivity contribution in [1.82, 2.24) is 19.4 Å². The summed E-state index contributed by atoms with van der Waals surface area (Å²) in [5.41, 5.74) is 1.63. The largest absolute Gasteiger partial charge is 0.351 e. The number of fused-ring (bicyclic) bond motifs is 1. The summed E-state index contributed by atoms with van der Waals surface area (Å²) in [6.45, 7) is 7.38. The van der Waals surface area contributed by atoms with Gasteiger partial charge >= 0.3 is 0 Å². The van der Waals surface area contributed by atoms with Crippen molar-refractivity contribution in [2.45, 2.75) is 26.3 Å². The second-order valence-corrected chi connectivity index (χ2v) is 7.89. The molecule has 2 aliphatic heterocycles. The summed E-state index contributed by atoms with van der Waals surface area (Å²) in [5, 5.41) is 0. The molecule has 0 radical (unpaired) electrons. The first kappa shape index (κ1) is 18.9. The summed E-state index contributed by atoms with van der Waals surface area (Å²) in [6, 6.07) is 7.76. The predicted octanol–water partition coefficient (Wildman–Crippen LogP) is 1.41. The molecule has 0 N–H and O–H groups in total. The van der Waals surface area contributed by atoms with Crippen LogP contribution in [0.2, 0.25) is 0 Å². The summed E-state index contributed by atoms with van der Waals surface area (Å²) in [4.78, 5) is 37.1. The number of para-hydroxylation sites is 2. The minimum Gasteiger partial charge on any atom is -0.351 e. The molecule has 150 valence electrons. The fourth-order valence-electron chi connectivity index (χ4n) is 4.36. The summed E-state index contributed by atoms with van der Waals surface area (Å²) >= 11 is 0. The Kier molecular flexibility index (Phi) is 5.35. The van der Waals surface area contributed by atoms with E-state index in [1.54, 1.807) is 4.57 Å². The summed E-state index contributed by atoms with van der Waals surface area (Å²) in [7, 11) is 2.09. The van der Waals surface area contributed by atoms with E-state index in [0.29, 0.717) is 18.9 Å². The summed E-state index contributed by atoms with van der Waals surface area (Å²) < 4.78 is 1.78. The van der Waals surface area contributed by atoms with Crippen molar-refractivity contribution in [2.75, 3.05) is 51.2 Å². The first-order valence-electron chi connectivity index (χ1n) is 10.3. The van der Waals surface area contributed by atoms with Crippen LogP contribution in [-0.2, 0) is 11.3 Å². The molecule has 0 bridgehead atoms. The van der Waals surface area contributed by atoms with Crippen LogP contribution in [0, 0.1) is 5.92 Å². The quantitative estimate of drug-likeness (QED) is 0.802. The van der Waals surface area contributed by atoms with E-state index in [1.807, 2.05) is 41.0 Å². The maximum atomic E-state index is 13.1. The number of likely N-dealkylation sites (N-methyl/N-ethyl adjacent to an activating group) is 1. The van der Waals surface area contributed by atoms with Crippen molar-refractivity contribution in [3.63, 3.8) is 0 Å². The van der Waals surface area contributed by atoms with Crippen LogP contribution >= 0.6 is 0 Å². The molecule has 7 nitrogen and oxygen atoms in total. The van der Waals surface area contributed by atoms with E-state index in [1.165, 1.54) is 0 Å². The second-order valence-electron chi connectivity index (χ2n) is 7.89. The van der Waals surface area contributed by atoms with Gasteiger partial charge in [0, 0.05) is 45.8 Å². The molecule has 2 fully saturated rings. The number of anilines is 1. The number of hydrogen-bond donors (Lipinski definition) is 0. The molecule has 2 aliphatic rings. The Morgan fingerprint density at radius 3 is 2.64 bits per heavy atom. The molecular formula is C21H29N5O2. The standard InChI is InChI=1S/C21H29N5O2/c1-3-26-18-9-5-4-8-17(18)22-19(21(26)28)25-10-6-7-16(15-25)20(27)24-13-11-23(2)12-14-24/h4-5,8-9,16H,3,6-7,10-15H2,1-2H3/t16-/m1/s1. The lowest BCUT2D eigenvalue weighted by Crippen LogP contribution is -2.52. The van der Waals surface area contributed by atoms with Gasteiger partial charge in [-0.25, -0.2) is 4.98 Å². The van der Waals surface area contributed by atoms with E-state index >= 15 is 0 Å². The third-order valence-corrected chi connectivity index (χ3v) is 6.04. The van der Waals surface area contributed by atoms with Gasteiger partial charge in [-0.3, -0.25) is 9.59 Å². The number of piperazine rings is 1. The van der Waals surface area contributed by atoms with Crippen LogP contribution in [0.15, 0.2) is 29.1 Å². The number of nitrogens with zero attached hydrogens (tertiary/aromatic N) is 5. The molecule has 4 rings (SSSR count). The van der Waals surface area contributed by atoms with E-state index < -0.39 is 0 Å². The fraction of sp³-hybridized carbons (Fsp3) is 0.571. The fourth-order valence-corrected chi connectivity index (χ4v) is 4.36. The predicted molar refractivity (Wildman–Crippen MR) is 111 cm³/mol. The smallest absolute Gasteiger partial charge is 0.293 e. The highest BCUT2D eigenvalue weighted by Gasteiger charge is 2.32. The number of amides is 1. The first-order valence-corrected chi connectivity index (χ1v) is 10.3. The van der Waals surface area contributed by atoms with Gasteiger partial charge in [0.05, 0.1) is 17.0 Å². The third kappa shape index (κ3) is 3.51. The normalized spacial score (nSPS) is 21.3. The molecule has 7 heteroatoms. The van der Waals surface area contributed by atoms with Gasteiger partial charge in [-0.2, -0.15) is 0 Å². The average molecular weight is 383 g/mol. The number of benzene rings is 1. The van der Waals surface area contributed by atoms with Crippen molar-refractivity contribution in [2.24, 2.45) is 5.92 Å². The highest BCUT2D eigenvalue weighted by Crippen LogP contribution is 2.23. The molecule has 1 amide bonds. The Labute approximate surface area is 165 Å². The van der Waals surface area contributed by atoms with Gasteiger partial charge in [0.1, 0.15) is 0 Å². The number of carbonyl (C=O) groups is 1. The Balaban J connectivity index is 1.59. The van der Waals surface area contributed by atoms with E-state index in [4.69, 9.17) is 0 Å². The van der Waals surface area contributed by atoms with Crippen molar-refractivity contribution < 1.29 is 4.79 Å². The Morgan fingerprint density at radius 2 is 1.89 bits per heavy atom. The molecule has 3 heterocycles. The molecule has 0 unspecified atom stereocenters. The van der Waals surface area contributed by atoms with Crippen LogP contribution in [-0.4, -0.2) is 71.6 Å². The molecule has 0 spiro atoms. The molecule has 1 aromatic carbocycles. The van der Waals surface area contributed by atoms with Crippen LogP contribution < -0.4 is 10.5 Å². The minimum atomic E-state index is -0.0612. The molecule has 2 saturated heterocycles. The van der Waals surface area contributed by atoms with E-state index in [9.17, 15) is 9.59 Å². The Hall–Kier alpha value is -2.41. The van der Waals surface area contributed by atoms with Crippen LogP contribution in [0.1, 0.15) is 19.8 Å². The van der Waals surface area contributed by atoms with Crippen molar-refractivity contribution >= 4 is 22.8 Å². The third-order valence-electron chi connectivity index (χ3n) is 6.04. The van der Waals surface area contributed by atoms with Gasteiger partial charge in [-0.05, 0) is 38.9 Å². The SMILES string of the molecule is CCn1c(=O)c(N2CCC[C@@H](C(=O)N3CCN(C)CC3)C2)nc2ccccc21. The number of aryl methyl sites for hydroxylation is 1.